The number of ether oxygens (including phenoxy) is 2. The van der Waals surface area contributed by atoms with Crippen molar-refractivity contribution in [2.24, 2.45) is 0 Å². The van der Waals surface area contributed by atoms with Gasteiger partial charge in [0.15, 0.2) is 6.61 Å². The van der Waals surface area contributed by atoms with E-state index in [-0.39, 0.29) is 18.6 Å². The third-order valence-corrected chi connectivity index (χ3v) is 4.93. The molecule has 1 atom stereocenters. The highest BCUT2D eigenvalue weighted by Gasteiger charge is 2.25. The molecule has 0 saturated heterocycles. The summed E-state index contributed by atoms with van der Waals surface area (Å²) in [6.07, 6.45) is 2.68. The molecule has 29 heavy (non-hydrogen) atoms. The van der Waals surface area contributed by atoms with Gasteiger partial charge < -0.3 is 14.8 Å². The van der Waals surface area contributed by atoms with Crippen molar-refractivity contribution in [2.75, 3.05) is 19.8 Å². The molecule has 0 unspecified atom stereocenters. The Morgan fingerprint density at radius 1 is 1.21 bits per heavy atom. The van der Waals surface area contributed by atoms with E-state index in [2.05, 4.69) is 23.6 Å². The van der Waals surface area contributed by atoms with Crippen molar-refractivity contribution in [3.63, 3.8) is 0 Å². The van der Waals surface area contributed by atoms with Gasteiger partial charge in [-0.1, -0.05) is 48.0 Å². The third-order valence-electron chi connectivity index (χ3n) is 4.93. The van der Waals surface area contributed by atoms with E-state index >= 15 is 0 Å². The molecule has 2 aromatic carbocycles. The van der Waals surface area contributed by atoms with Crippen LogP contribution in [0.5, 0.6) is 5.75 Å². The van der Waals surface area contributed by atoms with Crippen molar-refractivity contribution in [2.45, 2.75) is 26.0 Å². The molecule has 4 rings (SSSR count). The van der Waals surface area contributed by atoms with E-state index in [1.54, 1.807) is 0 Å². The molecule has 1 aliphatic rings. The lowest BCUT2D eigenvalue weighted by molar-refractivity contribution is -0.123. The molecule has 0 aliphatic carbocycles. The Bertz CT molecular complexity index is 951. The van der Waals surface area contributed by atoms with Gasteiger partial charge in [0, 0.05) is 12.7 Å². The highest BCUT2D eigenvalue weighted by Crippen LogP contribution is 2.25. The third kappa shape index (κ3) is 5.03. The summed E-state index contributed by atoms with van der Waals surface area (Å²) >= 11 is 0. The van der Waals surface area contributed by atoms with E-state index in [4.69, 9.17) is 14.6 Å². The summed E-state index contributed by atoms with van der Waals surface area (Å²) in [7, 11) is 0. The van der Waals surface area contributed by atoms with E-state index in [0.717, 1.165) is 24.2 Å². The number of carbonyl (C=O) groups excluding carboxylic acids is 1. The van der Waals surface area contributed by atoms with Crippen LogP contribution in [0.15, 0.2) is 60.8 Å². The van der Waals surface area contributed by atoms with Gasteiger partial charge in [0.2, 0.25) is 0 Å². The van der Waals surface area contributed by atoms with Crippen LogP contribution in [0, 0.1) is 6.92 Å². The lowest BCUT2D eigenvalue weighted by atomic mass is 10.1. The largest absolute Gasteiger partial charge is 0.484 e. The number of benzene rings is 2. The van der Waals surface area contributed by atoms with Gasteiger partial charge in [-0.3, -0.25) is 9.48 Å². The lowest BCUT2D eigenvalue weighted by Crippen LogP contribution is -2.34. The van der Waals surface area contributed by atoms with Crippen LogP contribution in [0.1, 0.15) is 28.5 Å². The number of rotatable bonds is 7. The van der Waals surface area contributed by atoms with Gasteiger partial charge in [0.1, 0.15) is 11.9 Å². The molecule has 0 saturated carbocycles. The van der Waals surface area contributed by atoms with Gasteiger partial charge in [0.05, 0.1) is 18.8 Å². The van der Waals surface area contributed by atoms with E-state index in [1.165, 1.54) is 11.1 Å². The first kappa shape index (κ1) is 19.2. The standard InChI is InChI=1S/C23H25N3O3/c1-17-7-9-20(10-8-17)29-16-22(27)24-13-21-23-19(11-12-28-21)15-26(25-23)14-18-5-3-2-4-6-18/h2-10,15,21H,11-14,16H2,1H3,(H,24,27)/t21-/m0/s1. The normalized spacial score (nSPS) is 15.6. The lowest BCUT2D eigenvalue weighted by Gasteiger charge is -2.22. The Kier molecular flexibility index (Phi) is 5.91. The smallest absolute Gasteiger partial charge is 0.258 e. The fourth-order valence-electron chi connectivity index (χ4n) is 3.38. The number of hydrogen-bond donors (Lipinski definition) is 1. The maximum Gasteiger partial charge on any atom is 0.258 e. The van der Waals surface area contributed by atoms with Gasteiger partial charge in [-0.2, -0.15) is 5.10 Å². The Balaban J connectivity index is 1.32. The molecule has 1 N–H and O–H groups in total. The minimum atomic E-state index is -0.237. The number of aryl methyl sites for hydroxylation is 1. The Hall–Kier alpha value is -3.12. The summed E-state index contributed by atoms with van der Waals surface area (Å²) in [6, 6.07) is 17.9. The molecule has 2 heterocycles. The molecule has 6 heteroatoms. The maximum absolute atomic E-state index is 12.2. The van der Waals surface area contributed by atoms with Gasteiger partial charge in [-0.15, -0.1) is 0 Å². The molecule has 1 aliphatic heterocycles. The first-order valence-corrected chi connectivity index (χ1v) is 9.85. The van der Waals surface area contributed by atoms with Crippen molar-refractivity contribution in [3.8, 4) is 5.75 Å². The Morgan fingerprint density at radius 3 is 2.79 bits per heavy atom. The highest BCUT2D eigenvalue weighted by molar-refractivity contribution is 5.77. The Morgan fingerprint density at radius 2 is 2.00 bits per heavy atom. The SMILES string of the molecule is Cc1ccc(OCC(=O)NC[C@@H]2OCCc3cn(Cc4ccccc4)nc32)cc1. The Labute approximate surface area is 170 Å². The van der Waals surface area contributed by atoms with Crippen molar-refractivity contribution >= 4 is 5.91 Å². The van der Waals surface area contributed by atoms with Crippen LogP contribution in [-0.4, -0.2) is 35.4 Å². The number of nitrogens with zero attached hydrogens (tertiary/aromatic N) is 2. The average Bonchev–Trinajstić information content (AvgIpc) is 3.15. The number of fused-ring (bicyclic) bond motifs is 1. The van der Waals surface area contributed by atoms with Crippen molar-refractivity contribution in [1.82, 2.24) is 15.1 Å². The van der Waals surface area contributed by atoms with Crippen LogP contribution in [0.4, 0.5) is 0 Å². The number of amides is 1. The maximum atomic E-state index is 12.2. The highest BCUT2D eigenvalue weighted by atomic mass is 16.5. The molecule has 3 aromatic rings. The molecule has 0 spiro atoms. The van der Waals surface area contributed by atoms with Crippen molar-refractivity contribution < 1.29 is 14.3 Å². The summed E-state index contributed by atoms with van der Waals surface area (Å²) in [5.41, 5.74) is 4.44. The molecule has 1 amide bonds. The van der Waals surface area contributed by atoms with Crippen LogP contribution in [0.2, 0.25) is 0 Å². The monoisotopic (exact) mass is 391 g/mol. The zero-order valence-corrected chi connectivity index (χ0v) is 16.5. The minimum Gasteiger partial charge on any atom is -0.484 e. The molecule has 0 fully saturated rings. The van der Waals surface area contributed by atoms with Crippen molar-refractivity contribution in [1.29, 1.82) is 0 Å². The van der Waals surface area contributed by atoms with Gasteiger partial charge in [0.25, 0.3) is 5.91 Å². The van der Waals surface area contributed by atoms with Crippen LogP contribution in [0.25, 0.3) is 0 Å². The van der Waals surface area contributed by atoms with Gasteiger partial charge in [-0.25, -0.2) is 0 Å². The predicted octanol–water partition coefficient (Wildman–Crippen LogP) is 3.05. The second-order valence-electron chi connectivity index (χ2n) is 7.24. The van der Waals surface area contributed by atoms with Crippen LogP contribution in [-0.2, 0) is 22.5 Å². The molecule has 6 nitrogen and oxygen atoms in total. The molecular formula is C23H25N3O3. The topological polar surface area (TPSA) is 65.4 Å². The van der Waals surface area contributed by atoms with Crippen molar-refractivity contribution in [3.05, 3.63) is 83.2 Å². The minimum absolute atomic E-state index is 0.0227. The van der Waals surface area contributed by atoms with Crippen LogP contribution >= 0.6 is 0 Å². The summed E-state index contributed by atoms with van der Waals surface area (Å²) in [6.45, 7) is 3.72. The van der Waals surface area contributed by atoms with Gasteiger partial charge in [-0.05, 0) is 36.6 Å². The fraction of sp³-hybridized carbons (Fsp3) is 0.304. The summed E-state index contributed by atoms with van der Waals surface area (Å²) in [5.74, 6) is 0.506. The predicted molar refractivity (Wildman–Crippen MR) is 110 cm³/mol. The molecular weight excluding hydrogens is 366 g/mol. The van der Waals surface area contributed by atoms with Gasteiger partial charge >= 0.3 is 0 Å². The zero-order valence-electron chi connectivity index (χ0n) is 16.5. The average molecular weight is 391 g/mol. The molecule has 0 radical (unpaired) electrons. The summed E-state index contributed by atoms with van der Waals surface area (Å²) in [4.78, 5) is 12.2. The number of carbonyl (C=O) groups is 1. The summed E-state index contributed by atoms with van der Waals surface area (Å²) < 4.78 is 13.3. The first-order valence-electron chi connectivity index (χ1n) is 9.85. The summed E-state index contributed by atoms with van der Waals surface area (Å²) in [5, 5.41) is 7.61. The number of nitrogens with one attached hydrogen (secondary N) is 1. The van der Waals surface area contributed by atoms with E-state index in [1.807, 2.05) is 54.1 Å². The number of aromatic nitrogens is 2. The van der Waals surface area contributed by atoms with E-state index in [9.17, 15) is 4.79 Å². The molecule has 0 bridgehead atoms. The second-order valence-corrected chi connectivity index (χ2v) is 7.24. The van der Waals surface area contributed by atoms with Crippen LogP contribution < -0.4 is 10.1 Å². The van der Waals surface area contributed by atoms with E-state index in [0.29, 0.717) is 18.9 Å². The van der Waals surface area contributed by atoms with Crippen LogP contribution in [0.3, 0.4) is 0 Å². The quantitative estimate of drug-likeness (QED) is 0.672. The number of hydrogen-bond acceptors (Lipinski definition) is 4. The molecule has 150 valence electrons. The molecule has 1 aromatic heterocycles. The fourth-order valence-corrected chi connectivity index (χ4v) is 3.38. The van der Waals surface area contributed by atoms with E-state index < -0.39 is 0 Å². The zero-order chi connectivity index (χ0) is 20.1. The second kappa shape index (κ2) is 8.92. The first-order chi connectivity index (χ1) is 14.2.